The van der Waals surface area contributed by atoms with Gasteiger partial charge in [-0.3, -0.25) is 4.90 Å². The highest BCUT2D eigenvalue weighted by Crippen LogP contribution is 2.37. The molecule has 0 spiro atoms. The van der Waals surface area contributed by atoms with Crippen molar-refractivity contribution in [2.45, 2.75) is 18.4 Å². The van der Waals surface area contributed by atoms with E-state index >= 15 is 0 Å². The highest BCUT2D eigenvalue weighted by atomic mass is 16.3. The number of furan rings is 1. The molecule has 1 aromatic rings. The van der Waals surface area contributed by atoms with Crippen LogP contribution in [0.25, 0.3) is 0 Å². The molecule has 1 saturated heterocycles. The lowest BCUT2D eigenvalue weighted by Gasteiger charge is -2.34. The van der Waals surface area contributed by atoms with E-state index in [1.54, 1.807) is 6.26 Å². The predicted octanol–water partition coefficient (Wildman–Crippen LogP) is 1.42. The van der Waals surface area contributed by atoms with Crippen molar-refractivity contribution in [1.82, 2.24) is 10.2 Å². The van der Waals surface area contributed by atoms with Gasteiger partial charge in [0.2, 0.25) is 0 Å². The Morgan fingerprint density at radius 3 is 3.00 bits per heavy atom. The van der Waals surface area contributed by atoms with E-state index in [4.69, 9.17) is 4.42 Å². The maximum absolute atomic E-state index is 5.56. The van der Waals surface area contributed by atoms with Crippen LogP contribution in [0.3, 0.4) is 0 Å². The van der Waals surface area contributed by atoms with Crippen molar-refractivity contribution in [3.63, 3.8) is 0 Å². The summed E-state index contributed by atoms with van der Waals surface area (Å²) in [4.78, 5) is 2.39. The van der Waals surface area contributed by atoms with Crippen LogP contribution in [-0.4, -0.2) is 32.1 Å². The molecule has 0 amide bonds. The summed E-state index contributed by atoms with van der Waals surface area (Å²) in [6.07, 6.45) is 4.19. The maximum atomic E-state index is 5.56. The number of hydrogen-bond acceptors (Lipinski definition) is 3. The van der Waals surface area contributed by atoms with E-state index in [2.05, 4.69) is 23.3 Å². The van der Waals surface area contributed by atoms with Crippen molar-refractivity contribution in [3.05, 3.63) is 24.2 Å². The lowest BCUT2D eigenvalue weighted by atomic mass is 9.93. The molecule has 14 heavy (non-hydrogen) atoms. The van der Waals surface area contributed by atoms with Crippen LogP contribution in [0.5, 0.6) is 0 Å². The summed E-state index contributed by atoms with van der Waals surface area (Å²) >= 11 is 0. The van der Waals surface area contributed by atoms with Crippen LogP contribution in [0.15, 0.2) is 22.8 Å². The summed E-state index contributed by atoms with van der Waals surface area (Å²) in [5.74, 6) is 1.09. The van der Waals surface area contributed by atoms with Gasteiger partial charge >= 0.3 is 0 Å². The molecule has 1 atom stereocenters. The minimum atomic E-state index is 0.0816. The fourth-order valence-electron chi connectivity index (χ4n) is 2.47. The van der Waals surface area contributed by atoms with Crippen molar-refractivity contribution in [2.75, 3.05) is 27.2 Å². The molecule has 78 valence electrons. The molecular weight excluding hydrogens is 176 g/mol. The number of likely N-dealkylation sites (N-methyl/N-ethyl adjacent to an activating group) is 2. The fourth-order valence-corrected chi connectivity index (χ4v) is 2.47. The Bertz CT molecular complexity index is 283. The van der Waals surface area contributed by atoms with Gasteiger partial charge in [-0.15, -0.1) is 0 Å². The first-order valence-electron chi connectivity index (χ1n) is 5.19. The van der Waals surface area contributed by atoms with Gasteiger partial charge in [-0.1, -0.05) is 0 Å². The highest BCUT2D eigenvalue weighted by Gasteiger charge is 2.41. The lowest BCUT2D eigenvalue weighted by Crippen LogP contribution is -2.45. The van der Waals surface area contributed by atoms with E-state index in [0.717, 1.165) is 18.8 Å². The highest BCUT2D eigenvalue weighted by molar-refractivity contribution is 5.16. The second-order valence-corrected chi connectivity index (χ2v) is 4.06. The molecule has 1 fully saturated rings. The Labute approximate surface area is 85.1 Å². The van der Waals surface area contributed by atoms with Crippen molar-refractivity contribution in [3.8, 4) is 0 Å². The molecule has 1 aromatic heterocycles. The third-order valence-corrected chi connectivity index (χ3v) is 3.26. The lowest BCUT2D eigenvalue weighted by molar-refractivity contribution is 0.141. The molecule has 0 radical (unpaired) electrons. The Morgan fingerprint density at radius 1 is 1.64 bits per heavy atom. The van der Waals surface area contributed by atoms with Crippen LogP contribution < -0.4 is 5.32 Å². The summed E-state index contributed by atoms with van der Waals surface area (Å²) < 4.78 is 5.56. The molecule has 3 nitrogen and oxygen atoms in total. The number of likely N-dealkylation sites (tertiary alicyclic amines) is 1. The average molecular weight is 194 g/mol. The Kier molecular flexibility index (Phi) is 2.61. The summed E-state index contributed by atoms with van der Waals surface area (Å²) in [7, 11) is 4.17. The SMILES string of the molecule is CNCC1(c2ccco2)CCCN1C. The first-order valence-corrected chi connectivity index (χ1v) is 5.19. The molecule has 1 aliphatic heterocycles. The van der Waals surface area contributed by atoms with Crippen LogP contribution in [0, 0.1) is 0 Å². The topological polar surface area (TPSA) is 28.4 Å². The van der Waals surface area contributed by atoms with Gasteiger partial charge < -0.3 is 9.73 Å². The second kappa shape index (κ2) is 3.75. The third-order valence-electron chi connectivity index (χ3n) is 3.26. The number of nitrogens with one attached hydrogen (secondary N) is 1. The Hall–Kier alpha value is -0.800. The average Bonchev–Trinajstić information content (AvgIpc) is 2.77. The van der Waals surface area contributed by atoms with Gasteiger partial charge in [-0.05, 0) is 45.6 Å². The minimum absolute atomic E-state index is 0.0816. The molecule has 3 heteroatoms. The quantitative estimate of drug-likeness (QED) is 0.789. The van der Waals surface area contributed by atoms with Crippen LogP contribution in [0.1, 0.15) is 18.6 Å². The van der Waals surface area contributed by atoms with Gasteiger partial charge in [0, 0.05) is 6.54 Å². The molecule has 1 unspecified atom stereocenters. The predicted molar refractivity (Wildman–Crippen MR) is 56.2 cm³/mol. The Morgan fingerprint density at radius 2 is 2.50 bits per heavy atom. The fraction of sp³-hybridized carbons (Fsp3) is 0.636. The van der Waals surface area contributed by atoms with Gasteiger partial charge in [0.25, 0.3) is 0 Å². The summed E-state index contributed by atoms with van der Waals surface area (Å²) in [5.41, 5.74) is 0.0816. The van der Waals surface area contributed by atoms with Crippen LogP contribution in [0.4, 0.5) is 0 Å². The smallest absolute Gasteiger partial charge is 0.125 e. The third kappa shape index (κ3) is 1.37. The van der Waals surface area contributed by atoms with E-state index in [1.807, 2.05) is 13.1 Å². The molecule has 0 aliphatic carbocycles. The molecule has 2 rings (SSSR count). The molecule has 0 bridgehead atoms. The van der Waals surface area contributed by atoms with Crippen molar-refractivity contribution in [1.29, 1.82) is 0 Å². The van der Waals surface area contributed by atoms with Gasteiger partial charge in [0.1, 0.15) is 5.76 Å². The zero-order valence-corrected chi connectivity index (χ0v) is 8.92. The van der Waals surface area contributed by atoms with Crippen LogP contribution >= 0.6 is 0 Å². The molecule has 0 aromatic carbocycles. The van der Waals surface area contributed by atoms with Gasteiger partial charge in [0.05, 0.1) is 11.8 Å². The largest absolute Gasteiger partial charge is 0.467 e. The molecule has 2 heterocycles. The van der Waals surface area contributed by atoms with Gasteiger partial charge in [0.15, 0.2) is 0 Å². The normalized spacial score (nSPS) is 28.4. The summed E-state index contributed by atoms with van der Waals surface area (Å²) in [6, 6.07) is 4.05. The first-order chi connectivity index (χ1) is 6.79. The van der Waals surface area contributed by atoms with Gasteiger partial charge in [-0.25, -0.2) is 0 Å². The van der Waals surface area contributed by atoms with E-state index in [-0.39, 0.29) is 5.54 Å². The van der Waals surface area contributed by atoms with Crippen molar-refractivity contribution in [2.24, 2.45) is 0 Å². The van der Waals surface area contributed by atoms with Crippen LogP contribution in [0.2, 0.25) is 0 Å². The molecule has 0 saturated carbocycles. The second-order valence-electron chi connectivity index (χ2n) is 4.06. The zero-order chi connectivity index (χ0) is 10.0. The zero-order valence-electron chi connectivity index (χ0n) is 8.92. The first kappa shape index (κ1) is 9.74. The number of rotatable bonds is 3. The standard InChI is InChI=1S/C11H18N2O/c1-12-9-11(6-4-7-13(11)2)10-5-3-8-14-10/h3,5,8,12H,4,6-7,9H2,1-2H3. The van der Waals surface area contributed by atoms with E-state index < -0.39 is 0 Å². The van der Waals surface area contributed by atoms with E-state index in [9.17, 15) is 0 Å². The molecule has 1 aliphatic rings. The summed E-state index contributed by atoms with van der Waals surface area (Å²) in [6.45, 7) is 2.11. The van der Waals surface area contributed by atoms with Gasteiger partial charge in [-0.2, -0.15) is 0 Å². The van der Waals surface area contributed by atoms with Crippen LogP contribution in [-0.2, 0) is 5.54 Å². The molecule has 1 N–H and O–H groups in total. The maximum Gasteiger partial charge on any atom is 0.125 e. The van der Waals surface area contributed by atoms with E-state index in [1.165, 1.54) is 12.8 Å². The number of nitrogens with zero attached hydrogens (tertiary/aromatic N) is 1. The van der Waals surface area contributed by atoms with Crippen molar-refractivity contribution >= 4 is 0 Å². The van der Waals surface area contributed by atoms with Crippen molar-refractivity contribution < 1.29 is 4.42 Å². The monoisotopic (exact) mass is 194 g/mol. The molecular formula is C11H18N2O. The Balaban J connectivity index is 2.31. The van der Waals surface area contributed by atoms with E-state index in [0.29, 0.717) is 0 Å². The number of hydrogen-bond donors (Lipinski definition) is 1. The summed E-state index contributed by atoms with van der Waals surface area (Å²) in [5, 5.41) is 3.27. The minimum Gasteiger partial charge on any atom is -0.467 e.